The van der Waals surface area contributed by atoms with Crippen molar-refractivity contribution in [2.24, 2.45) is 5.92 Å². The van der Waals surface area contributed by atoms with Gasteiger partial charge in [0, 0.05) is 6.08 Å². The van der Waals surface area contributed by atoms with Crippen LogP contribution in [0.3, 0.4) is 0 Å². The molecule has 152 valence electrons. The zero-order valence-corrected chi connectivity index (χ0v) is 20.8. The smallest absolute Gasteiger partial charge is 0.330 e. The van der Waals surface area contributed by atoms with Gasteiger partial charge in [0.05, 0.1) is 15.6 Å². The van der Waals surface area contributed by atoms with Crippen LogP contribution in [0.1, 0.15) is 25.7 Å². The topological polar surface area (TPSA) is 65.0 Å². The molecule has 5 nitrogen and oxygen atoms in total. The molecule has 3 atom stereocenters. The first-order chi connectivity index (χ1) is 11.9. The van der Waals surface area contributed by atoms with Gasteiger partial charge >= 0.3 is 5.97 Å². The number of esters is 1. The fourth-order valence-corrected chi connectivity index (χ4v) is 10.2. The van der Waals surface area contributed by atoms with E-state index in [-0.39, 0.29) is 12.0 Å². The molecule has 0 spiro atoms. The summed E-state index contributed by atoms with van der Waals surface area (Å²) in [5.41, 5.74) is 0. The van der Waals surface area contributed by atoms with Gasteiger partial charge in [-0.05, 0) is 64.5 Å². The van der Waals surface area contributed by atoms with E-state index in [1.165, 1.54) is 0 Å². The summed E-state index contributed by atoms with van der Waals surface area (Å²) in [6.45, 7) is 16.7. The number of aliphatic hydroxyl groups excluding tert-OH is 1. The van der Waals surface area contributed by atoms with Crippen molar-refractivity contribution < 1.29 is 23.5 Å². The van der Waals surface area contributed by atoms with Gasteiger partial charge in [-0.25, -0.2) is 4.79 Å². The Hall–Kier alpha value is -0.259. The van der Waals surface area contributed by atoms with Crippen LogP contribution in [0.5, 0.6) is 0 Å². The Morgan fingerprint density at radius 3 is 2.23 bits per heavy atom. The quantitative estimate of drug-likeness (QED) is 0.255. The van der Waals surface area contributed by atoms with E-state index in [1.54, 1.807) is 0 Å². The van der Waals surface area contributed by atoms with Crippen molar-refractivity contribution >= 4 is 32.1 Å². The third kappa shape index (κ3) is 10.2. The van der Waals surface area contributed by atoms with Crippen molar-refractivity contribution in [3.05, 3.63) is 12.7 Å². The number of ether oxygens (including phenoxy) is 1. The summed E-state index contributed by atoms with van der Waals surface area (Å²) in [6, 6.07) is 1.16. The average Bonchev–Trinajstić information content (AvgIpc) is 2.46. The molecule has 0 bridgehead atoms. The van der Waals surface area contributed by atoms with Crippen molar-refractivity contribution in [1.29, 1.82) is 0 Å². The van der Waals surface area contributed by atoms with Crippen molar-refractivity contribution in [1.82, 2.24) is 0 Å². The number of rotatable bonds is 10. The second-order valence-electron chi connectivity index (χ2n) is 9.25. The van der Waals surface area contributed by atoms with Gasteiger partial charge in [-0.1, -0.05) is 19.0 Å². The maximum Gasteiger partial charge on any atom is 0.330 e. The van der Waals surface area contributed by atoms with Crippen molar-refractivity contribution in [3.8, 4) is 0 Å². The molecular weight excluding hydrogens is 380 g/mol. The highest BCUT2D eigenvalue weighted by Crippen LogP contribution is 2.30. The van der Waals surface area contributed by atoms with Gasteiger partial charge in [0.25, 0.3) is 0 Å². The second kappa shape index (κ2) is 10.3. The molecule has 0 amide bonds. The van der Waals surface area contributed by atoms with Crippen LogP contribution in [0, 0.1) is 5.92 Å². The first-order valence-electron chi connectivity index (χ1n) is 9.76. The molecule has 0 radical (unpaired) electrons. The summed E-state index contributed by atoms with van der Waals surface area (Å²) in [7, 11) is -3.71. The number of carbonyl (C=O) groups is 1. The Kier molecular flexibility index (Phi) is 9.45. The Bertz CT molecular complexity index is 443. The van der Waals surface area contributed by atoms with E-state index in [0.717, 1.165) is 31.4 Å². The van der Waals surface area contributed by atoms with Gasteiger partial charge < -0.3 is 18.7 Å². The zero-order chi connectivity index (χ0) is 20.0. The molecule has 1 aliphatic rings. The highest BCUT2D eigenvalue weighted by Gasteiger charge is 2.32. The molecule has 0 heterocycles. The maximum atomic E-state index is 11.3. The molecule has 0 aromatic carbocycles. The van der Waals surface area contributed by atoms with Crippen LogP contribution in [0.4, 0.5) is 0 Å². The lowest BCUT2D eigenvalue weighted by atomic mass is 9.84. The van der Waals surface area contributed by atoms with Crippen LogP contribution in [-0.4, -0.2) is 55.4 Å². The van der Waals surface area contributed by atoms with Gasteiger partial charge in [-0.15, -0.1) is 0 Å². The molecule has 0 aromatic rings. The molecule has 1 aliphatic carbocycles. The summed E-state index contributed by atoms with van der Waals surface area (Å²) in [5, 5.41) is 10.3. The van der Waals surface area contributed by atoms with Crippen LogP contribution < -0.4 is 0 Å². The summed E-state index contributed by atoms with van der Waals surface area (Å²) in [6.07, 6.45) is 3.74. The van der Waals surface area contributed by atoms with Crippen LogP contribution in [0.25, 0.3) is 0 Å². The van der Waals surface area contributed by atoms with Gasteiger partial charge in [-0.2, -0.15) is 0 Å². The summed E-state index contributed by atoms with van der Waals surface area (Å²) in [5.74, 6) is 0.0773. The highest BCUT2D eigenvalue weighted by atomic mass is 28.4. The minimum absolute atomic E-state index is 0.0307. The molecule has 1 rings (SSSR count). The zero-order valence-electron chi connectivity index (χ0n) is 17.4. The normalized spacial score (nSPS) is 25.0. The molecule has 0 aromatic heterocycles. The van der Waals surface area contributed by atoms with Gasteiger partial charge in [0.2, 0.25) is 0 Å². The molecule has 0 aliphatic heterocycles. The molecule has 1 N–H and O–H groups in total. The Balaban J connectivity index is 2.42. The highest BCUT2D eigenvalue weighted by molar-refractivity contribution is 6.71. The van der Waals surface area contributed by atoms with E-state index in [0.29, 0.717) is 12.3 Å². The van der Waals surface area contributed by atoms with Crippen molar-refractivity contribution in [3.63, 3.8) is 0 Å². The largest absolute Gasteiger partial charge is 0.456 e. The van der Waals surface area contributed by atoms with Crippen LogP contribution in [0.2, 0.25) is 45.3 Å². The number of hydrogen-bond acceptors (Lipinski definition) is 5. The lowest BCUT2D eigenvalue weighted by Crippen LogP contribution is -2.43. The summed E-state index contributed by atoms with van der Waals surface area (Å²) in [4.78, 5) is 11.3. The third-order valence-corrected chi connectivity index (χ3v) is 8.55. The fourth-order valence-electron chi connectivity index (χ4n) is 3.30. The number of carbonyl (C=O) groups excluding carboxylic acids is 1. The summed E-state index contributed by atoms with van der Waals surface area (Å²) >= 11 is 0. The van der Waals surface area contributed by atoms with Crippen LogP contribution in [-0.2, 0) is 18.4 Å². The predicted octanol–water partition coefficient (Wildman–Crippen LogP) is 3.21. The van der Waals surface area contributed by atoms with E-state index in [1.807, 2.05) is 0 Å². The SMILES string of the molecule is C=CC(=O)OC1CCC(CC[SiH2]C(O[Si](C)(C)C)O[Si](C)(C)C)CC1O. The second-order valence-corrected chi connectivity index (χ2v) is 20.1. The third-order valence-electron chi connectivity index (χ3n) is 4.32. The van der Waals surface area contributed by atoms with E-state index in [2.05, 4.69) is 45.9 Å². The molecule has 0 saturated heterocycles. The molecule has 1 saturated carbocycles. The van der Waals surface area contributed by atoms with E-state index in [9.17, 15) is 9.90 Å². The summed E-state index contributed by atoms with van der Waals surface area (Å²) < 4.78 is 17.8. The maximum absolute atomic E-state index is 11.3. The standard InChI is InChI=1S/C18H38O5Si3/c1-8-17(20)21-16-10-9-14(13-15(16)19)11-12-24-18(22-25(2,3)4)23-26(5,6)7/h8,14-16,18-19H,1,9-13,24H2,2-7H3. The monoisotopic (exact) mass is 418 g/mol. The van der Waals surface area contributed by atoms with E-state index >= 15 is 0 Å². The first-order valence-corrected chi connectivity index (χ1v) is 18.4. The molecular formula is C18H38O5Si3. The number of hydrogen-bond donors (Lipinski definition) is 1. The van der Waals surface area contributed by atoms with Crippen LogP contribution >= 0.6 is 0 Å². The average molecular weight is 419 g/mol. The van der Waals surface area contributed by atoms with Crippen LogP contribution in [0.15, 0.2) is 12.7 Å². The number of aliphatic hydroxyl groups is 1. The Morgan fingerprint density at radius 1 is 1.19 bits per heavy atom. The predicted molar refractivity (Wildman–Crippen MR) is 114 cm³/mol. The molecule has 26 heavy (non-hydrogen) atoms. The van der Waals surface area contributed by atoms with Gasteiger partial charge in [0.1, 0.15) is 12.0 Å². The lowest BCUT2D eigenvalue weighted by molar-refractivity contribution is -0.152. The Morgan fingerprint density at radius 2 is 1.77 bits per heavy atom. The minimum Gasteiger partial charge on any atom is -0.456 e. The molecule has 3 unspecified atom stereocenters. The van der Waals surface area contributed by atoms with Crippen molar-refractivity contribution in [2.75, 3.05) is 0 Å². The van der Waals surface area contributed by atoms with Gasteiger partial charge in [-0.3, -0.25) is 0 Å². The van der Waals surface area contributed by atoms with Crippen molar-refractivity contribution in [2.45, 2.75) is 89.1 Å². The van der Waals surface area contributed by atoms with E-state index < -0.39 is 38.2 Å². The minimum atomic E-state index is -1.61. The van der Waals surface area contributed by atoms with Gasteiger partial charge in [0.15, 0.2) is 16.6 Å². The van der Waals surface area contributed by atoms with E-state index in [4.69, 9.17) is 13.6 Å². The fraction of sp³-hybridized carbons (Fsp3) is 0.833. The molecule has 1 fully saturated rings. The Labute approximate surface area is 163 Å². The molecule has 8 heteroatoms. The lowest BCUT2D eigenvalue weighted by Gasteiger charge is -2.34. The first kappa shape index (κ1) is 23.8.